The highest BCUT2D eigenvalue weighted by Gasteiger charge is 2.25. The number of hydrogen-bond donors (Lipinski definition) is 2. The molecule has 0 radical (unpaired) electrons. The van der Waals surface area contributed by atoms with Gasteiger partial charge in [0.15, 0.2) is 0 Å². The summed E-state index contributed by atoms with van der Waals surface area (Å²) in [5.74, 6) is -0.0459. The number of amides is 2. The molecular weight excluding hydrogens is 376 g/mol. The van der Waals surface area contributed by atoms with E-state index in [1.54, 1.807) is 0 Å². The Bertz CT molecular complexity index is 900. The molecule has 0 aromatic heterocycles. The van der Waals surface area contributed by atoms with Gasteiger partial charge in [0.1, 0.15) is 0 Å². The molecule has 0 bridgehead atoms. The zero-order valence-electron chi connectivity index (χ0n) is 15.7. The maximum absolute atomic E-state index is 12.5. The molecule has 146 valence electrons. The standard InChI is InChI=1S/C21H23ClN4O2/c1-14-12-25(8-9-26(14)18-5-2-16(22)3-6-18)13-21(28)23-17-4-7-19-15(10-17)11-20(27)24-19/h2-7,10,14H,8-9,11-13H2,1H3,(H,23,28)(H,24,27)/t14-/m1/s1. The zero-order valence-corrected chi connectivity index (χ0v) is 16.5. The van der Waals surface area contributed by atoms with Crippen LogP contribution in [0.25, 0.3) is 0 Å². The highest BCUT2D eigenvalue weighted by Crippen LogP contribution is 2.26. The number of anilines is 3. The SMILES string of the molecule is C[C@@H]1CN(CC(=O)Nc2ccc3c(c2)CC(=O)N3)CCN1c1ccc(Cl)cc1. The van der Waals surface area contributed by atoms with Gasteiger partial charge in [0, 0.05) is 47.8 Å². The zero-order chi connectivity index (χ0) is 19.7. The van der Waals surface area contributed by atoms with Crippen LogP contribution >= 0.6 is 11.6 Å². The molecule has 28 heavy (non-hydrogen) atoms. The highest BCUT2D eigenvalue weighted by atomic mass is 35.5. The van der Waals surface area contributed by atoms with E-state index in [1.165, 1.54) is 0 Å². The van der Waals surface area contributed by atoms with Gasteiger partial charge in [0.05, 0.1) is 13.0 Å². The van der Waals surface area contributed by atoms with Crippen LogP contribution in [0, 0.1) is 0 Å². The van der Waals surface area contributed by atoms with Crippen molar-refractivity contribution in [1.82, 2.24) is 4.90 Å². The van der Waals surface area contributed by atoms with E-state index < -0.39 is 0 Å². The van der Waals surface area contributed by atoms with Crippen LogP contribution in [0.3, 0.4) is 0 Å². The quantitative estimate of drug-likeness (QED) is 0.831. The van der Waals surface area contributed by atoms with Crippen molar-refractivity contribution in [3.05, 3.63) is 53.1 Å². The van der Waals surface area contributed by atoms with E-state index in [0.717, 1.165) is 47.3 Å². The lowest BCUT2D eigenvalue weighted by atomic mass is 10.1. The summed E-state index contributed by atoms with van der Waals surface area (Å²) >= 11 is 5.98. The average Bonchev–Trinajstić information content (AvgIpc) is 3.02. The lowest BCUT2D eigenvalue weighted by Crippen LogP contribution is -2.53. The van der Waals surface area contributed by atoms with Crippen LogP contribution in [0.5, 0.6) is 0 Å². The van der Waals surface area contributed by atoms with Gasteiger partial charge in [0.25, 0.3) is 0 Å². The first-order chi connectivity index (χ1) is 13.5. The maximum atomic E-state index is 12.5. The minimum Gasteiger partial charge on any atom is -0.366 e. The van der Waals surface area contributed by atoms with E-state index in [-0.39, 0.29) is 11.8 Å². The Labute approximate surface area is 169 Å². The summed E-state index contributed by atoms with van der Waals surface area (Å²) in [4.78, 5) is 28.4. The van der Waals surface area contributed by atoms with Crippen molar-refractivity contribution in [2.75, 3.05) is 41.7 Å². The number of piperazine rings is 1. The molecule has 2 aromatic rings. The van der Waals surface area contributed by atoms with E-state index in [1.807, 2.05) is 42.5 Å². The first-order valence-corrected chi connectivity index (χ1v) is 9.83. The number of nitrogens with zero attached hydrogens (tertiary/aromatic N) is 2. The second-order valence-electron chi connectivity index (χ2n) is 7.40. The number of carbonyl (C=O) groups excluding carboxylic acids is 2. The van der Waals surface area contributed by atoms with Crippen molar-refractivity contribution in [3.63, 3.8) is 0 Å². The predicted octanol–water partition coefficient (Wildman–Crippen LogP) is 2.98. The molecule has 2 amide bonds. The van der Waals surface area contributed by atoms with Crippen LogP contribution in [0.15, 0.2) is 42.5 Å². The molecule has 1 atom stereocenters. The van der Waals surface area contributed by atoms with Crippen LogP contribution in [0.2, 0.25) is 5.02 Å². The van der Waals surface area contributed by atoms with Gasteiger partial charge in [-0.1, -0.05) is 11.6 Å². The number of rotatable bonds is 4. The Kier molecular flexibility index (Phi) is 5.24. The molecule has 2 heterocycles. The molecular formula is C21H23ClN4O2. The fourth-order valence-corrected chi connectivity index (χ4v) is 4.03. The molecule has 2 aromatic carbocycles. The summed E-state index contributed by atoms with van der Waals surface area (Å²) in [6.07, 6.45) is 0.364. The Balaban J connectivity index is 1.32. The number of benzene rings is 2. The van der Waals surface area contributed by atoms with Gasteiger partial charge in [-0.15, -0.1) is 0 Å². The molecule has 2 N–H and O–H groups in total. The molecule has 0 saturated carbocycles. The minimum atomic E-state index is -0.0376. The van der Waals surface area contributed by atoms with Crippen LogP contribution in [-0.4, -0.2) is 48.9 Å². The number of nitrogens with one attached hydrogen (secondary N) is 2. The minimum absolute atomic E-state index is 0.00831. The molecule has 1 saturated heterocycles. The monoisotopic (exact) mass is 398 g/mol. The molecule has 2 aliphatic rings. The molecule has 6 nitrogen and oxygen atoms in total. The summed E-state index contributed by atoms with van der Waals surface area (Å²) in [5.41, 5.74) is 3.64. The molecule has 0 spiro atoms. The first kappa shape index (κ1) is 18.8. The summed E-state index contributed by atoms with van der Waals surface area (Å²) in [6.45, 7) is 5.03. The third kappa shape index (κ3) is 4.13. The number of halogens is 1. The number of carbonyl (C=O) groups is 2. The normalized spacial score (nSPS) is 19.3. The Hall–Kier alpha value is -2.57. The van der Waals surface area contributed by atoms with Crippen LogP contribution in [-0.2, 0) is 16.0 Å². The second kappa shape index (κ2) is 7.81. The van der Waals surface area contributed by atoms with E-state index in [2.05, 4.69) is 27.4 Å². The van der Waals surface area contributed by atoms with Crippen molar-refractivity contribution in [3.8, 4) is 0 Å². The van der Waals surface area contributed by atoms with Gasteiger partial charge in [-0.25, -0.2) is 0 Å². The van der Waals surface area contributed by atoms with Gasteiger partial charge >= 0.3 is 0 Å². The number of hydrogen-bond acceptors (Lipinski definition) is 4. The van der Waals surface area contributed by atoms with Crippen molar-refractivity contribution in [2.45, 2.75) is 19.4 Å². The lowest BCUT2D eigenvalue weighted by Gasteiger charge is -2.41. The fraction of sp³-hybridized carbons (Fsp3) is 0.333. The summed E-state index contributed by atoms with van der Waals surface area (Å²) < 4.78 is 0. The molecule has 0 unspecified atom stereocenters. The van der Waals surface area contributed by atoms with E-state index in [9.17, 15) is 9.59 Å². The van der Waals surface area contributed by atoms with Gasteiger partial charge in [-0.2, -0.15) is 0 Å². The summed E-state index contributed by atoms with van der Waals surface area (Å²) in [7, 11) is 0. The second-order valence-corrected chi connectivity index (χ2v) is 7.84. The molecule has 1 fully saturated rings. The molecule has 7 heteroatoms. The Morgan fingerprint density at radius 1 is 1.21 bits per heavy atom. The van der Waals surface area contributed by atoms with Crippen LogP contribution in [0.1, 0.15) is 12.5 Å². The molecule has 2 aliphatic heterocycles. The maximum Gasteiger partial charge on any atom is 0.238 e. The summed E-state index contributed by atoms with van der Waals surface area (Å²) in [6, 6.07) is 13.7. The number of fused-ring (bicyclic) bond motifs is 1. The summed E-state index contributed by atoms with van der Waals surface area (Å²) in [5, 5.41) is 6.48. The van der Waals surface area contributed by atoms with Gasteiger partial charge in [-0.3, -0.25) is 14.5 Å². The molecule has 0 aliphatic carbocycles. The van der Waals surface area contributed by atoms with E-state index >= 15 is 0 Å². The van der Waals surface area contributed by atoms with Crippen molar-refractivity contribution in [2.24, 2.45) is 0 Å². The first-order valence-electron chi connectivity index (χ1n) is 9.45. The topological polar surface area (TPSA) is 64.7 Å². The van der Waals surface area contributed by atoms with Gasteiger partial charge in [-0.05, 0) is 55.0 Å². The molecule has 4 rings (SSSR count). The third-order valence-corrected chi connectivity index (χ3v) is 5.50. The van der Waals surface area contributed by atoms with Gasteiger partial charge < -0.3 is 15.5 Å². The van der Waals surface area contributed by atoms with E-state index in [4.69, 9.17) is 11.6 Å². The predicted molar refractivity (Wildman–Crippen MR) is 112 cm³/mol. The van der Waals surface area contributed by atoms with Crippen molar-refractivity contribution < 1.29 is 9.59 Å². The Morgan fingerprint density at radius 2 is 2.00 bits per heavy atom. The third-order valence-electron chi connectivity index (χ3n) is 5.25. The van der Waals surface area contributed by atoms with Crippen LogP contribution < -0.4 is 15.5 Å². The van der Waals surface area contributed by atoms with Crippen LogP contribution in [0.4, 0.5) is 17.1 Å². The average molecular weight is 399 g/mol. The van der Waals surface area contributed by atoms with E-state index in [0.29, 0.717) is 19.0 Å². The van der Waals surface area contributed by atoms with Crippen molar-refractivity contribution in [1.29, 1.82) is 0 Å². The Morgan fingerprint density at radius 3 is 2.75 bits per heavy atom. The van der Waals surface area contributed by atoms with Crippen molar-refractivity contribution >= 4 is 40.5 Å². The highest BCUT2D eigenvalue weighted by molar-refractivity contribution is 6.30. The van der Waals surface area contributed by atoms with Gasteiger partial charge in [0.2, 0.25) is 11.8 Å². The largest absolute Gasteiger partial charge is 0.366 e. The fourth-order valence-electron chi connectivity index (χ4n) is 3.90. The smallest absolute Gasteiger partial charge is 0.238 e. The lowest BCUT2D eigenvalue weighted by molar-refractivity contribution is -0.117.